The molecular formula is C14H12F18O3Sn. The van der Waals surface area contributed by atoms with Crippen molar-refractivity contribution in [3.8, 4) is 0 Å². The van der Waals surface area contributed by atoms with Gasteiger partial charge in [0.25, 0.3) is 0 Å². The van der Waals surface area contributed by atoms with Gasteiger partial charge < -0.3 is 0 Å². The molecule has 0 aromatic heterocycles. The second-order valence-electron chi connectivity index (χ2n) is 7.20. The van der Waals surface area contributed by atoms with E-state index in [1.807, 2.05) is 0 Å². The van der Waals surface area contributed by atoms with Crippen LogP contribution in [-0.2, 0) is 9.22 Å². The van der Waals surface area contributed by atoms with Crippen molar-refractivity contribution in [2.75, 3.05) is 0 Å². The van der Waals surface area contributed by atoms with Crippen molar-refractivity contribution in [1.29, 1.82) is 0 Å². The molecule has 0 amide bonds. The summed E-state index contributed by atoms with van der Waals surface area (Å²) in [5.41, 5.74) is -18.0. The molecule has 0 aliphatic carbocycles. The molecule has 0 aliphatic rings. The van der Waals surface area contributed by atoms with E-state index in [9.17, 15) is 79.0 Å². The molecule has 0 N–H and O–H groups in total. The van der Waals surface area contributed by atoms with Crippen LogP contribution in [0.5, 0.6) is 0 Å². The first-order valence-corrected chi connectivity index (χ1v) is 13.5. The van der Waals surface area contributed by atoms with Crippen LogP contribution in [0, 0.1) is 0 Å². The second kappa shape index (κ2) is 9.42. The van der Waals surface area contributed by atoms with Gasteiger partial charge in [0.15, 0.2) is 0 Å². The molecule has 0 fully saturated rings. The normalized spacial score (nSPS) is 16.4. The molecule has 0 heterocycles. The number of hydrogen-bond donors (Lipinski definition) is 0. The number of hydrogen-bond acceptors (Lipinski definition) is 3. The zero-order valence-electron chi connectivity index (χ0n) is 17.3. The standard InChI is InChI=1S/3C4H3F6O.C2H3.Sn/c3*1-2(11,3(5,6)7)4(8,9)10;1-2;/h3*1H3;1H,2H2;/q3*-1;;+3. The first-order valence-electron chi connectivity index (χ1n) is 8.32. The van der Waals surface area contributed by atoms with Gasteiger partial charge >= 0.3 is 193 Å². The van der Waals surface area contributed by atoms with E-state index < -0.39 is 98.3 Å². The first-order chi connectivity index (χ1) is 15.2. The van der Waals surface area contributed by atoms with Gasteiger partial charge in [0.1, 0.15) is 0 Å². The fourth-order valence-electron chi connectivity index (χ4n) is 1.87. The van der Waals surface area contributed by atoms with Gasteiger partial charge in [0, 0.05) is 0 Å². The van der Waals surface area contributed by atoms with Crippen LogP contribution in [0.15, 0.2) is 10.7 Å². The van der Waals surface area contributed by atoms with Gasteiger partial charge in [0.05, 0.1) is 0 Å². The number of alkyl halides is 18. The van der Waals surface area contributed by atoms with Crippen molar-refractivity contribution in [3.05, 3.63) is 10.7 Å². The van der Waals surface area contributed by atoms with E-state index in [0.29, 0.717) is 0 Å². The fraction of sp³-hybridized carbons (Fsp3) is 0.857. The quantitative estimate of drug-likeness (QED) is 0.207. The van der Waals surface area contributed by atoms with E-state index >= 15 is 0 Å². The van der Waals surface area contributed by atoms with Gasteiger partial charge in [-0.15, -0.1) is 0 Å². The van der Waals surface area contributed by atoms with Crippen molar-refractivity contribution >= 4 is 19.6 Å². The Balaban J connectivity index is 7.65. The maximum absolute atomic E-state index is 13.2. The Hall–Kier alpha value is -0.841. The van der Waals surface area contributed by atoms with E-state index in [4.69, 9.17) is 0 Å². The molecule has 0 rings (SSSR count). The summed E-state index contributed by atoms with van der Waals surface area (Å²) >= 11 is -8.95. The first kappa shape index (κ1) is 35.2. The average molecular weight is 689 g/mol. The van der Waals surface area contributed by atoms with Gasteiger partial charge in [-0.3, -0.25) is 0 Å². The van der Waals surface area contributed by atoms with Crippen molar-refractivity contribution in [1.82, 2.24) is 0 Å². The summed E-state index contributed by atoms with van der Waals surface area (Å²) in [6.45, 7) is -1.21. The molecule has 0 radical (unpaired) electrons. The van der Waals surface area contributed by atoms with E-state index in [1.54, 1.807) is 0 Å². The molecule has 0 unspecified atom stereocenters. The van der Waals surface area contributed by atoms with E-state index in [-0.39, 0.29) is 0 Å². The summed E-state index contributed by atoms with van der Waals surface area (Å²) in [4.78, 5) is 0. The van der Waals surface area contributed by atoms with E-state index in [1.165, 1.54) is 0 Å². The van der Waals surface area contributed by atoms with Crippen LogP contribution in [0.3, 0.4) is 0 Å². The van der Waals surface area contributed by atoms with Crippen LogP contribution in [0.25, 0.3) is 0 Å². The fourth-order valence-corrected chi connectivity index (χ4v) is 9.79. The molecule has 0 spiro atoms. The Bertz CT molecular complexity index is 644. The monoisotopic (exact) mass is 690 g/mol. The summed E-state index contributed by atoms with van der Waals surface area (Å²) in [5.74, 6) is 0. The predicted octanol–water partition coefficient (Wildman–Crippen LogP) is 7.35. The van der Waals surface area contributed by atoms with Gasteiger partial charge in [-0.1, -0.05) is 0 Å². The molecule has 0 aromatic rings. The SMILES string of the molecule is C=[CH][Sn]([O]C(C)(C(F)(F)F)C(F)(F)F)([O]C(C)(C(F)(F)F)C(F)(F)F)[O]C(C)(C(F)(F)F)C(F)(F)F. The number of halogens is 18. The summed E-state index contributed by atoms with van der Waals surface area (Å²) < 4.78 is 247. The molecule has 216 valence electrons. The molecule has 36 heavy (non-hydrogen) atoms. The van der Waals surface area contributed by atoms with E-state index in [0.717, 1.165) is 0 Å². The van der Waals surface area contributed by atoms with Crippen molar-refractivity contribution < 1.29 is 88.2 Å². The Morgan fingerprint density at radius 2 is 0.556 bits per heavy atom. The Labute approximate surface area is 193 Å². The Morgan fingerprint density at radius 1 is 0.417 bits per heavy atom. The molecule has 3 nitrogen and oxygen atoms in total. The summed E-state index contributed by atoms with van der Waals surface area (Å²) in [7, 11) is 0. The van der Waals surface area contributed by atoms with Crippen molar-refractivity contribution in [3.63, 3.8) is 0 Å². The predicted molar refractivity (Wildman–Crippen MR) is 80.8 cm³/mol. The minimum atomic E-state index is -8.95. The van der Waals surface area contributed by atoms with Crippen LogP contribution < -0.4 is 0 Å². The zero-order chi connectivity index (χ0) is 29.8. The van der Waals surface area contributed by atoms with Crippen LogP contribution in [0.4, 0.5) is 79.0 Å². The van der Waals surface area contributed by atoms with Gasteiger partial charge in [0.2, 0.25) is 0 Å². The molecule has 0 aromatic carbocycles. The van der Waals surface area contributed by atoms with Crippen LogP contribution in [0.1, 0.15) is 20.8 Å². The topological polar surface area (TPSA) is 27.7 Å². The second-order valence-corrected chi connectivity index (χ2v) is 13.6. The average Bonchev–Trinajstić information content (AvgIpc) is 2.55. The molecule has 0 aliphatic heterocycles. The van der Waals surface area contributed by atoms with Crippen molar-refractivity contribution in [2.45, 2.75) is 74.6 Å². The number of rotatable bonds is 7. The van der Waals surface area contributed by atoms with Crippen LogP contribution in [0.2, 0.25) is 0 Å². The molecular weight excluding hydrogens is 677 g/mol. The zero-order valence-corrected chi connectivity index (χ0v) is 20.2. The van der Waals surface area contributed by atoms with Gasteiger partial charge in [-0.25, -0.2) is 0 Å². The molecule has 0 saturated heterocycles. The summed E-state index contributed by atoms with van der Waals surface area (Å²) in [5, 5.41) is 0. The van der Waals surface area contributed by atoms with E-state index in [2.05, 4.69) is 15.8 Å². The molecule has 22 heteroatoms. The molecule has 0 bridgehead atoms. The molecule has 0 saturated carbocycles. The third-order valence-corrected chi connectivity index (χ3v) is 11.9. The third-order valence-electron chi connectivity index (χ3n) is 4.53. The summed E-state index contributed by atoms with van der Waals surface area (Å²) in [6, 6.07) is 0. The maximum atomic E-state index is 13.2. The van der Waals surface area contributed by atoms with Crippen LogP contribution >= 0.6 is 0 Å². The molecule has 0 atom stereocenters. The minimum absolute atomic E-state index is 1.03. The van der Waals surface area contributed by atoms with Crippen molar-refractivity contribution in [2.24, 2.45) is 0 Å². The Kier molecular flexibility index (Phi) is 9.20. The Morgan fingerprint density at radius 3 is 0.639 bits per heavy atom. The van der Waals surface area contributed by atoms with Gasteiger partial charge in [-0.05, 0) is 0 Å². The van der Waals surface area contributed by atoms with Gasteiger partial charge in [-0.2, -0.15) is 0 Å². The third kappa shape index (κ3) is 6.24. The van der Waals surface area contributed by atoms with Crippen LogP contribution in [-0.4, -0.2) is 73.5 Å². The summed E-state index contributed by atoms with van der Waals surface area (Å²) in [6.07, 6.45) is -41.5.